The second kappa shape index (κ2) is 7.46. The summed E-state index contributed by atoms with van der Waals surface area (Å²) in [6.07, 6.45) is 5.07. The molecule has 1 fully saturated rings. The van der Waals surface area contributed by atoms with Crippen molar-refractivity contribution in [3.63, 3.8) is 0 Å². The Kier molecular flexibility index (Phi) is 5.00. The smallest absolute Gasteiger partial charge is 0.255 e. The number of hydrogen-bond donors (Lipinski definition) is 0. The Morgan fingerprint density at radius 1 is 1.04 bits per heavy atom. The highest BCUT2D eigenvalue weighted by molar-refractivity contribution is 5.95. The van der Waals surface area contributed by atoms with Crippen LogP contribution in [0.3, 0.4) is 0 Å². The topological polar surface area (TPSA) is 45.7 Å². The molecule has 148 valence electrons. The van der Waals surface area contributed by atoms with Gasteiger partial charge in [0.05, 0.1) is 12.1 Å². The zero-order chi connectivity index (χ0) is 19.7. The van der Waals surface area contributed by atoms with Gasteiger partial charge in [-0.1, -0.05) is 32.9 Å². The Morgan fingerprint density at radius 2 is 1.75 bits per heavy atom. The van der Waals surface area contributed by atoms with Crippen molar-refractivity contribution in [1.82, 2.24) is 9.88 Å². The molecule has 1 amide bonds. The second-order valence-electron chi connectivity index (χ2n) is 8.70. The van der Waals surface area contributed by atoms with Crippen LogP contribution in [-0.4, -0.2) is 42.0 Å². The highest BCUT2D eigenvalue weighted by Crippen LogP contribution is 2.36. The van der Waals surface area contributed by atoms with Crippen LogP contribution < -0.4 is 9.64 Å². The van der Waals surface area contributed by atoms with Crippen LogP contribution in [0.15, 0.2) is 36.5 Å². The third kappa shape index (κ3) is 3.71. The Balaban J connectivity index is 1.59. The van der Waals surface area contributed by atoms with Crippen LogP contribution >= 0.6 is 0 Å². The fourth-order valence-corrected chi connectivity index (χ4v) is 3.89. The first kappa shape index (κ1) is 18.8. The van der Waals surface area contributed by atoms with E-state index in [4.69, 9.17) is 4.74 Å². The van der Waals surface area contributed by atoms with E-state index in [0.717, 1.165) is 44.0 Å². The predicted octanol–water partition coefficient (Wildman–Crippen LogP) is 4.54. The van der Waals surface area contributed by atoms with Gasteiger partial charge in [0, 0.05) is 25.0 Å². The minimum atomic E-state index is 0.0604. The number of likely N-dealkylation sites (tertiary alicyclic amines) is 1. The van der Waals surface area contributed by atoms with Gasteiger partial charge in [-0.05, 0) is 48.4 Å². The first-order chi connectivity index (χ1) is 13.4. The van der Waals surface area contributed by atoms with E-state index in [9.17, 15) is 4.79 Å². The summed E-state index contributed by atoms with van der Waals surface area (Å²) >= 11 is 0. The number of benzene rings is 1. The Hall–Kier alpha value is -2.56. The van der Waals surface area contributed by atoms with Crippen molar-refractivity contribution in [2.24, 2.45) is 0 Å². The second-order valence-corrected chi connectivity index (χ2v) is 8.70. The van der Waals surface area contributed by atoms with Crippen LogP contribution in [0.25, 0.3) is 0 Å². The SMILES string of the molecule is CC(C)(C)c1ccc(N2CCOc3cc(C(=O)N4CCCCC4)cnc32)cc1. The molecule has 5 heteroatoms. The first-order valence-electron chi connectivity index (χ1n) is 10.2. The van der Waals surface area contributed by atoms with E-state index >= 15 is 0 Å². The van der Waals surface area contributed by atoms with Gasteiger partial charge >= 0.3 is 0 Å². The van der Waals surface area contributed by atoms with Gasteiger partial charge in [-0.15, -0.1) is 0 Å². The van der Waals surface area contributed by atoms with Gasteiger partial charge in [0.1, 0.15) is 6.61 Å². The lowest BCUT2D eigenvalue weighted by Gasteiger charge is -2.31. The number of anilines is 2. The van der Waals surface area contributed by atoms with Crippen LogP contribution in [0.5, 0.6) is 5.75 Å². The van der Waals surface area contributed by atoms with E-state index in [1.807, 2.05) is 11.0 Å². The molecule has 2 aromatic rings. The molecule has 0 atom stereocenters. The lowest BCUT2D eigenvalue weighted by molar-refractivity contribution is 0.0723. The van der Waals surface area contributed by atoms with Crippen molar-refractivity contribution >= 4 is 17.4 Å². The Labute approximate surface area is 167 Å². The molecule has 2 aliphatic heterocycles. The lowest BCUT2D eigenvalue weighted by atomic mass is 9.87. The van der Waals surface area contributed by atoms with Crippen molar-refractivity contribution in [2.75, 3.05) is 31.1 Å². The van der Waals surface area contributed by atoms with Gasteiger partial charge in [-0.25, -0.2) is 4.98 Å². The number of ether oxygens (including phenoxy) is 1. The summed E-state index contributed by atoms with van der Waals surface area (Å²) in [5.74, 6) is 1.53. The number of rotatable bonds is 2. The van der Waals surface area contributed by atoms with E-state index in [2.05, 4.69) is 54.9 Å². The summed E-state index contributed by atoms with van der Waals surface area (Å²) in [6.45, 7) is 9.65. The number of hydrogen-bond acceptors (Lipinski definition) is 4. The molecule has 0 saturated carbocycles. The highest BCUT2D eigenvalue weighted by Gasteiger charge is 2.25. The summed E-state index contributed by atoms with van der Waals surface area (Å²) < 4.78 is 5.86. The maximum absolute atomic E-state index is 12.8. The number of aromatic nitrogens is 1. The third-order valence-electron chi connectivity index (χ3n) is 5.60. The molecule has 1 aromatic carbocycles. The molecular formula is C23H29N3O2. The fraction of sp³-hybridized carbons (Fsp3) is 0.478. The number of nitrogens with zero attached hydrogens (tertiary/aromatic N) is 3. The molecule has 2 aliphatic rings. The average molecular weight is 380 g/mol. The molecular weight excluding hydrogens is 350 g/mol. The number of amides is 1. The van der Waals surface area contributed by atoms with Gasteiger partial charge in [0.25, 0.3) is 5.91 Å². The molecule has 0 N–H and O–H groups in total. The summed E-state index contributed by atoms with van der Waals surface area (Å²) in [7, 11) is 0. The summed E-state index contributed by atoms with van der Waals surface area (Å²) in [5.41, 5.74) is 3.15. The number of piperidine rings is 1. The highest BCUT2D eigenvalue weighted by atomic mass is 16.5. The zero-order valence-electron chi connectivity index (χ0n) is 17.1. The van der Waals surface area contributed by atoms with Crippen molar-refractivity contribution in [3.05, 3.63) is 47.7 Å². The van der Waals surface area contributed by atoms with E-state index < -0.39 is 0 Å². The number of carbonyl (C=O) groups is 1. The fourth-order valence-electron chi connectivity index (χ4n) is 3.89. The first-order valence-corrected chi connectivity index (χ1v) is 10.2. The van der Waals surface area contributed by atoms with Gasteiger partial charge < -0.3 is 14.5 Å². The van der Waals surface area contributed by atoms with Gasteiger partial charge in [0.15, 0.2) is 11.6 Å². The normalized spacial score (nSPS) is 17.1. The Morgan fingerprint density at radius 3 is 2.43 bits per heavy atom. The molecule has 0 aliphatic carbocycles. The molecule has 5 nitrogen and oxygen atoms in total. The number of pyridine rings is 1. The summed E-state index contributed by atoms with van der Waals surface area (Å²) in [4.78, 5) is 21.5. The third-order valence-corrected chi connectivity index (χ3v) is 5.60. The molecule has 1 saturated heterocycles. The quantitative estimate of drug-likeness (QED) is 0.769. The van der Waals surface area contributed by atoms with Gasteiger partial charge in [-0.3, -0.25) is 4.79 Å². The van der Waals surface area contributed by atoms with E-state index in [0.29, 0.717) is 17.9 Å². The molecule has 1 aromatic heterocycles. The minimum absolute atomic E-state index is 0.0604. The monoisotopic (exact) mass is 379 g/mol. The van der Waals surface area contributed by atoms with Gasteiger partial charge in [-0.2, -0.15) is 0 Å². The van der Waals surface area contributed by atoms with Crippen LogP contribution in [0.1, 0.15) is 56.0 Å². The molecule has 0 spiro atoms. The maximum atomic E-state index is 12.8. The van der Waals surface area contributed by atoms with Crippen molar-refractivity contribution in [1.29, 1.82) is 0 Å². The molecule has 28 heavy (non-hydrogen) atoms. The maximum Gasteiger partial charge on any atom is 0.255 e. The largest absolute Gasteiger partial charge is 0.488 e. The van der Waals surface area contributed by atoms with Crippen LogP contribution in [-0.2, 0) is 5.41 Å². The number of fused-ring (bicyclic) bond motifs is 1. The van der Waals surface area contributed by atoms with Crippen LogP contribution in [0.2, 0.25) is 0 Å². The minimum Gasteiger partial charge on any atom is -0.488 e. The number of carbonyl (C=O) groups excluding carboxylic acids is 1. The summed E-state index contributed by atoms with van der Waals surface area (Å²) in [5, 5.41) is 0. The van der Waals surface area contributed by atoms with Crippen molar-refractivity contribution in [2.45, 2.75) is 45.4 Å². The molecule has 3 heterocycles. The van der Waals surface area contributed by atoms with Crippen LogP contribution in [0.4, 0.5) is 11.5 Å². The van der Waals surface area contributed by atoms with Crippen molar-refractivity contribution < 1.29 is 9.53 Å². The van der Waals surface area contributed by atoms with E-state index in [1.165, 1.54) is 12.0 Å². The standard InChI is InChI=1S/C23H29N3O2/c1-23(2,3)18-7-9-19(10-8-18)26-13-14-28-20-15-17(16-24-21(20)26)22(27)25-11-5-4-6-12-25/h7-10,15-16H,4-6,11-14H2,1-3H3. The summed E-state index contributed by atoms with van der Waals surface area (Å²) in [6, 6.07) is 10.5. The van der Waals surface area contributed by atoms with Gasteiger partial charge in [0.2, 0.25) is 0 Å². The Bertz CT molecular complexity index is 849. The molecule has 0 bridgehead atoms. The lowest BCUT2D eigenvalue weighted by Crippen LogP contribution is -2.36. The van der Waals surface area contributed by atoms with Crippen molar-refractivity contribution in [3.8, 4) is 5.75 Å². The molecule has 4 rings (SSSR count). The van der Waals surface area contributed by atoms with Crippen LogP contribution in [0, 0.1) is 0 Å². The van der Waals surface area contributed by atoms with E-state index in [-0.39, 0.29) is 11.3 Å². The molecule has 0 unspecified atom stereocenters. The van der Waals surface area contributed by atoms with E-state index in [1.54, 1.807) is 6.20 Å². The molecule has 0 radical (unpaired) electrons. The average Bonchev–Trinajstić information content (AvgIpc) is 2.72. The zero-order valence-corrected chi connectivity index (χ0v) is 17.1. The predicted molar refractivity (Wildman–Crippen MR) is 112 cm³/mol.